The molecule has 2 fully saturated rings. The fourth-order valence-corrected chi connectivity index (χ4v) is 3.94. The van der Waals surface area contributed by atoms with E-state index in [1.807, 2.05) is 19.3 Å². The molecule has 20 heavy (non-hydrogen) atoms. The van der Waals surface area contributed by atoms with Crippen LogP contribution >= 0.6 is 0 Å². The summed E-state index contributed by atoms with van der Waals surface area (Å²) in [7, 11) is 2.04. The molecule has 2 aromatic rings. The Morgan fingerprint density at radius 3 is 2.70 bits per heavy atom. The van der Waals surface area contributed by atoms with Crippen molar-refractivity contribution in [3.8, 4) is 0 Å². The number of rotatable bonds is 2. The summed E-state index contributed by atoms with van der Waals surface area (Å²) in [5, 5.41) is 4.77. The Kier molecular flexibility index (Phi) is 2.71. The maximum Gasteiger partial charge on any atom is 0.166 e. The average Bonchev–Trinajstić information content (AvgIpc) is 3.00. The van der Waals surface area contributed by atoms with Crippen molar-refractivity contribution in [1.82, 2.24) is 9.88 Å². The standard InChI is InChI=1S/C17H20N2O/c1-19-7-6-11-8-12(2-5-16(11)19)17(20)13-9-14-3-4-15(10-13)18-14/h2,5-8,13-15,18H,3-4,9-10H2,1H3. The average molecular weight is 268 g/mol. The maximum atomic E-state index is 12.7. The van der Waals surface area contributed by atoms with Crippen LogP contribution in [-0.4, -0.2) is 22.4 Å². The molecule has 2 aliphatic rings. The molecule has 0 saturated carbocycles. The molecule has 104 valence electrons. The second-order valence-corrected chi connectivity index (χ2v) is 6.37. The number of hydrogen-bond acceptors (Lipinski definition) is 2. The number of aryl methyl sites for hydroxylation is 1. The van der Waals surface area contributed by atoms with Gasteiger partial charge in [-0.15, -0.1) is 0 Å². The highest BCUT2D eigenvalue weighted by atomic mass is 16.1. The predicted octanol–water partition coefficient (Wildman–Crippen LogP) is 2.89. The van der Waals surface area contributed by atoms with Crippen molar-refractivity contribution in [2.24, 2.45) is 13.0 Å². The summed E-state index contributed by atoms with van der Waals surface area (Å²) < 4.78 is 2.09. The first-order valence-corrected chi connectivity index (χ1v) is 7.56. The molecule has 2 bridgehead atoms. The van der Waals surface area contributed by atoms with Gasteiger partial charge >= 0.3 is 0 Å². The number of nitrogens with zero attached hydrogens (tertiary/aromatic N) is 1. The lowest BCUT2D eigenvalue weighted by molar-refractivity contribution is 0.0876. The third-order valence-electron chi connectivity index (χ3n) is 5.01. The second-order valence-electron chi connectivity index (χ2n) is 6.37. The third kappa shape index (κ3) is 1.88. The number of aromatic nitrogens is 1. The normalized spacial score (nSPS) is 28.9. The fraction of sp³-hybridized carbons (Fsp3) is 0.471. The summed E-state index contributed by atoms with van der Waals surface area (Å²) in [5.74, 6) is 0.559. The molecule has 3 nitrogen and oxygen atoms in total. The van der Waals surface area contributed by atoms with E-state index < -0.39 is 0 Å². The zero-order valence-corrected chi connectivity index (χ0v) is 11.8. The number of nitrogens with one attached hydrogen (secondary N) is 1. The van der Waals surface area contributed by atoms with Crippen molar-refractivity contribution in [3.63, 3.8) is 0 Å². The van der Waals surface area contributed by atoms with Crippen molar-refractivity contribution in [3.05, 3.63) is 36.0 Å². The van der Waals surface area contributed by atoms with Crippen LogP contribution in [0, 0.1) is 5.92 Å². The van der Waals surface area contributed by atoms with E-state index in [0.29, 0.717) is 17.9 Å². The SMILES string of the molecule is Cn1ccc2cc(C(=O)C3CC4CCC(C3)N4)ccc21. The first kappa shape index (κ1) is 12.2. The van der Waals surface area contributed by atoms with Gasteiger partial charge in [0.1, 0.15) is 0 Å². The minimum Gasteiger partial charge on any atom is -0.351 e. The second kappa shape index (κ2) is 4.45. The highest BCUT2D eigenvalue weighted by Gasteiger charge is 2.36. The highest BCUT2D eigenvalue weighted by Crippen LogP contribution is 2.33. The Morgan fingerprint density at radius 1 is 1.20 bits per heavy atom. The lowest BCUT2D eigenvalue weighted by Gasteiger charge is -2.28. The molecule has 3 heterocycles. The van der Waals surface area contributed by atoms with Gasteiger partial charge in [-0.2, -0.15) is 0 Å². The van der Waals surface area contributed by atoms with Crippen LogP contribution < -0.4 is 5.32 Å². The van der Waals surface area contributed by atoms with Gasteiger partial charge in [-0.1, -0.05) is 0 Å². The molecule has 2 unspecified atom stereocenters. The van der Waals surface area contributed by atoms with Gasteiger partial charge in [0.25, 0.3) is 0 Å². The molecule has 1 N–H and O–H groups in total. The van der Waals surface area contributed by atoms with E-state index in [4.69, 9.17) is 0 Å². The van der Waals surface area contributed by atoms with Crippen molar-refractivity contribution < 1.29 is 4.79 Å². The quantitative estimate of drug-likeness (QED) is 0.850. The van der Waals surface area contributed by atoms with Crippen molar-refractivity contribution in [1.29, 1.82) is 0 Å². The summed E-state index contributed by atoms with van der Waals surface area (Å²) in [6.07, 6.45) is 6.56. The van der Waals surface area contributed by atoms with Crippen LogP contribution in [0.2, 0.25) is 0 Å². The smallest absolute Gasteiger partial charge is 0.166 e. The van der Waals surface area contributed by atoms with Crippen LogP contribution in [0.5, 0.6) is 0 Å². The summed E-state index contributed by atoms with van der Waals surface area (Å²) in [4.78, 5) is 12.7. The highest BCUT2D eigenvalue weighted by molar-refractivity contribution is 6.01. The van der Waals surface area contributed by atoms with Gasteiger partial charge in [0.2, 0.25) is 0 Å². The van der Waals surface area contributed by atoms with Gasteiger partial charge in [-0.3, -0.25) is 4.79 Å². The summed E-state index contributed by atoms with van der Waals surface area (Å²) in [5.41, 5.74) is 2.07. The zero-order valence-electron chi connectivity index (χ0n) is 11.8. The molecule has 0 aliphatic carbocycles. The Hall–Kier alpha value is -1.61. The van der Waals surface area contributed by atoms with Crippen molar-refractivity contribution >= 4 is 16.7 Å². The van der Waals surface area contributed by atoms with Crippen LogP contribution in [0.25, 0.3) is 10.9 Å². The molecule has 2 saturated heterocycles. The Bertz CT molecular complexity index is 661. The minimum absolute atomic E-state index is 0.218. The van der Waals surface area contributed by atoms with Gasteiger partial charge in [0.15, 0.2) is 5.78 Å². The number of piperidine rings is 1. The molecule has 2 atom stereocenters. The first-order chi connectivity index (χ1) is 9.70. The lowest BCUT2D eigenvalue weighted by Crippen LogP contribution is -2.40. The lowest BCUT2D eigenvalue weighted by atomic mass is 9.86. The van der Waals surface area contributed by atoms with E-state index in [9.17, 15) is 4.79 Å². The van der Waals surface area contributed by atoms with Crippen LogP contribution in [0.3, 0.4) is 0 Å². The van der Waals surface area contributed by atoms with E-state index in [2.05, 4.69) is 28.1 Å². The third-order valence-corrected chi connectivity index (χ3v) is 5.01. The van der Waals surface area contributed by atoms with E-state index in [-0.39, 0.29) is 5.92 Å². The van der Waals surface area contributed by atoms with Crippen LogP contribution in [-0.2, 0) is 7.05 Å². The van der Waals surface area contributed by atoms with Gasteiger partial charge in [-0.05, 0) is 49.9 Å². The van der Waals surface area contributed by atoms with Crippen LogP contribution in [0.15, 0.2) is 30.5 Å². The number of hydrogen-bond donors (Lipinski definition) is 1. The Balaban J connectivity index is 1.63. The summed E-state index contributed by atoms with van der Waals surface area (Å²) in [6, 6.07) is 9.35. The summed E-state index contributed by atoms with van der Waals surface area (Å²) >= 11 is 0. The number of carbonyl (C=O) groups is 1. The largest absolute Gasteiger partial charge is 0.351 e. The zero-order chi connectivity index (χ0) is 13.7. The number of fused-ring (bicyclic) bond motifs is 3. The van der Waals surface area contributed by atoms with Crippen LogP contribution in [0.1, 0.15) is 36.0 Å². The maximum absolute atomic E-state index is 12.7. The molecule has 0 radical (unpaired) electrons. The molecule has 3 heteroatoms. The van der Waals surface area contributed by atoms with Gasteiger partial charge < -0.3 is 9.88 Å². The molecule has 1 aromatic carbocycles. The fourth-order valence-electron chi connectivity index (χ4n) is 3.94. The van der Waals surface area contributed by atoms with Gasteiger partial charge in [0.05, 0.1) is 0 Å². The van der Waals surface area contributed by atoms with E-state index in [1.165, 1.54) is 18.4 Å². The molecule has 0 amide bonds. The Labute approximate surface area is 119 Å². The number of carbonyl (C=O) groups excluding carboxylic acids is 1. The monoisotopic (exact) mass is 268 g/mol. The molecular formula is C17H20N2O. The van der Waals surface area contributed by atoms with E-state index in [0.717, 1.165) is 23.8 Å². The summed E-state index contributed by atoms with van der Waals surface area (Å²) in [6.45, 7) is 0. The van der Waals surface area contributed by atoms with Crippen molar-refractivity contribution in [2.45, 2.75) is 37.8 Å². The van der Waals surface area contributed by atoms with Crippen molar-refractivity contribution in [2.75, 3.05) is 0 Å². The molecule has 4 rings (SSSR count). The predicted molar refractivity (Wildman–Crippen MR) is 79.9 cm³/mol. The number of ketones is 1. The van der Waals surface area contributed by atoms with Gasteiger partial charge in [-0.25, -0.2) is 0 Å². The topological polar surface area (TPSA) is 34.0 Å². The molecular weight excluding hydrogens is 248 g/mol. The van der Waals surface area contributed by atoms with Crippen LogP contribution in [0.4, 0.5) is 0 Å². The molecule has 0 spiro atoms. The van der Waals surface area contributed by atoms with E-state index >= 15 is 0 Å². The van der Waals surface area contributed by atoms with E-state index in [1.54, 1.807) is 0 Å². The number of benzene rings is 1. The minimum atomic E-state index is 0.218. The molecule has 2 aliphatic heterocycles. The Morgan fingerprint density at radius 2 is 1.95 bits per heavy atom. The first-order valence-electron chi connectivity index (χ1n) is 7.56. The number of Topliss-reactive ketones (excluding diaryl/α,β-unsaturated/α-hetero) is 1. The molecule has 1 aromatic heterocycles. The van der Waals surface area contributed by atoms with Gasteiger partial charge in [0, 0.05) is 47.7 Å².